The highest BCUT2D eigenvalue weighted by Gasteiger charge is 2.36. The summed E-state index contributed by atoms with van der Waals surface area (Å²) in [6, 6.07) is 8.83. The molecule has 2 bridgehead atoms. The minimum absolute atomic E-state index is 0.513. The second kappa shape index (κ2) is 5.45. The van der Waals surface area contributed by atoms with Crippen LogP contribution in [0.3, 0.4) is 0 Å². The quantitative estimate of drug-likeness (QED) is 0.816. The van der Waals surface area contributed by atoms with E-state index in [0.717, 1.165) is 23.3 Å². The van der Waals surface area contributed by atoms with Crippen LogP contribution in [0, 0.1) is 17.8 Å². The average Bonchev–Trinajstić information content (AvgIpc) is 3.30. The van der Waals surface area contributed by atoms with Crippen molar-refractivity contribution in [3.8, 4) is 0 Å². The first-order valence-electron chi connectivity index (χ1n) is 9.07. The second-order valence-electron chi connectivity index (χ2n) is 7.59. The smallest absolute Gasteiger partial charge is 0.113 e. The number of likely N-dealkylation sites (tertiary alicyclic amines) is 1. The van der Waals surface area contributed by atoms with E-state index in [1.807, 2.05) is 6.07 Å². The highest BCUT2D eigenvalue weighted by Crippen LogP contribution is 2.44. The molecule has 1 aliphatic heterocycles. The van der Waals surface area contributed by atoms with Crippen LogP contribution in [-0.4, -0.2) is 39.5 Å². The van der Waals surface area contributed by atoms with E-state index in [1.165, 1.54) is 50.8 Å². The number of nitrogens with zero attached hydrogens (tertiary/aromatic N) is 4. The normalized spacial score (nSPS) is 31.4. The molecule has 4 heteroatoms. The molecule has 3 atom stereocenters. The summed E-state index contributed by atoms with van der Waals surface area (Å²) < 4.78 is 2.16. The zero-order valence-electron chi connectivity index (χ0n) is 13.5. The van der Waals surface area contributed by atoms with Crippen LogP contribution in [-0.2, 0) is 0 Å². The second-order valence-corrected chi connectivity index (χ2v) is 7.59. The Balaban J connectivity index is 1.23. The highest BCUT2D eigenvalue weighted by atomic mass is 15.4. The maximum Gasteiger partial charge on any atom is 0.113 e. The monoisotopic (exact) mass is 308 g/mol. The maximum atomic E-state index is 4.42. The Morgan fingerprint density at radius 2 is 1.91 bits per heavy atom. The van der Waals surface area contributed by atoms with Gasteiger partial charge in [0.05, 0.1) is 11.6 Å². The SMILES string of the molecule is C1=CC2CC1CC2CN1CCC(n2nnc3ccccc32)CC1. The summed E-state index contributed by atoms with van der Waals surface area (Å²) in [4.78, 5) is 2.69. The number of rotatable bonds is 3. The van der Waals surface area contributed by atoms with Gasteiger partial charge in [-0.25, -0.2) is 4.68 Å². The minimum atomic E-state index is 0.513. The topological polar surface area (TPSA) is 34.0 Å². The van der Waals surface area contributed by atoms with E-state index >= 15 is 0 Å². The molecule has 0 radical (unpaired) electrons. The summed E-state index contributed by atoms with van der Waals surface area (Å²) in [5.74, 6) is 2.68. The van der Waals surface area contributed by atoms with E-state index in [1.54, 1.807) is 0 Å². The maximum absolute atomic E-state index is 4.42. The third kappa shape index (κ3) is 2.40. The summed E-state index contributed by atoms with van der Waals surface area (Å²) in [5, 5.41) is 8.73. The van der Waals surface area contributed by atoms with Gasteiger partial charge >= 0.3 is 0 Å². The van der Waals surface area contributed by atoms with Gasteiger partial charge in [0.1, 0.15) is 5.52 Å². The van der Waals surface area contributed by atoms with Gasteiger partial charge in [-0.2, -0.15) is 0 Å². The summed E-state index contributed by atoms with van der Waals surface area (Å²) in [6.45, 7) is 3.71. The van der Waals surface area contributed by atoms with Gasteiger partial charge in [0.2, 0.25) is 0 Å². The molecule has 2 fully saturated rings. The molecule has 1 aromatic carbocycles. The Morgan fingerprint density at radius 3 is 2.70 bits per heavy atom. The predicted molar refractivity (Wildman–Crippen MR) is 91.1 cm³/mol. The molecule has 0 N–H and O–H groups in total. The van der Waals surface area contributed by atoms with Gasteiger partial charge in [-0.15, -0.1) is 5.10 Å². The Labute approximate surface area is 137 Å². The Kier molecular flexibility index (Phi) is 3.25. The fourth-order valence-corrected chi connectivity index (χ4v) is 4.94. The Bertz CT molecular complexity index is 726. The van der Waals surface area contributed by atoms with Crippen molar-refractivity contribution in [2.24, 2.45) is 17.8 Å². The van der Waals surface area contributed by atoms with Crippen LogP contribution in [0.1, 0.15) is 31.7 Å². The zero-order valence-corrected chi connectivity index (χ0v) is 13.5. The number of hydrogen-bond donors (Lipinski definition) is 0. The van der Waals surface area contributed by atoms with E-state index in [9.17, 15) is 0 Å². The van der Waals surface area contributed by atoms with Crippen LogP contribution in [0.15, 0.2) is 36.4 Å². The number of aromatic nitrogens is 3. The van der Waals surface area contributed by atoms with Gasteiger partial charge < -0.3 is 4.90 Å². The largest absolute Gasteiger partial charge is 0.303 e. The molecule has 0 amide bonds. The standard InChI is InChI=1S/C19H24N4/c1-2-4-19-18(3-1)20-21-23(19)17-7-9-22(10-8-17)13-16-12-14-5-6-15(16)11-14/h1-6,14-17H,7-13H2. The third-order valence-electron chi connectivity index (χ3n) is 6.19. The van der Waals surface area contributed by atoms with Crippen molar-refractivity contribution in [3.63, 3.8) is 0 Å². The van der Waals surface area contributed by atoms with Crippen LogP contribution in [0.4, 0.5) is 0 Å². The molecule has 1 aromatic heterocycles. The van der Waals surface area contributed by atoms with E-state index in [4.69, 9.17) is 0 Å². The summed E-state index contributed by atoms with van der Waals surface area (Å²) in [6.07, 6.45) is 10.2. The fourth-order valence-electron chi connectivity index (χ4n) is 4.94. The number of allylic oxidation sites excluding steroid dienone is 2. The lowest BCUT2D eigenvalue weighted by molar-refractivity contribution is 0.150. The van der Waals surface area contributed by atoms with Crippen molar-refractivity contribution in [3.05, 3.63) is 36.4 Å². The van der Waals surface area contributed by atoms with Gasteiger partial charge in [0, 0.05) is 19.6 Å². The van der Waals surface area contributed by atoms with Crippen LogP contribution in [0.25, 0.3) is 11.0 Å². The molecular formula is C19H24N4. The van der Waals surface area contributed by atoms with E-state index in [0.29, 0.717) is 6.04 Å². The van der Waals surface area contributed by atoms with Crippen molar-refractivity contribution in [2.45, 2.75) is 31.7 Å². The van der Waals surface area contributed by atoms with Gasteiger partial charge in [0.25, 0.3) is 0 Å². The number of benzene rings is 1. The molecule has 120 valence electrons. The molecule has 2 heterocycles. The number of para-hydroxylation sites is 1. The Hall–Kier alpha value is -1.68. The molecule has 5 rings (SSSR count). The molecule has 2 aliphatic carbocycles. The molecule has 1 saturated carbocycles. The fraction of sp³-hybridized carbons (Fsp3) is 0.579. The number of hydrogen-bond acceptors (Lipinski definition) is 3. The molecule has 2 aromatic rings. The van der Waals surface area contributed by atoms with Crippen molar-refractivity contribution < 1.29 is 0 Å². The molecule has 4 nitrogen and oxygen atoms in total. The first-order valence-corrected chi connectivity index (χ1v) is 9.07. The molecular weight excluding hydrogens is 284 g/mol. The molecule has 1 saturated heterocycles. The van der Waals surface area contributed by atoms with Gasteiger partial charge in [0.15, 0.2) is 0 Å². The molecule has 0 spiro atoms. The van der Waals surface area contributed by atoms with Crippen molar-refractivity contribution in [1.82, 2.24) is 19.9 Å². The van der Waals surface area contributed by atoms with Crippen LogP contribution in [0.2, 0.25) is 0 Å². The highest BCUT2D eigenvalue weighted by molar-refractivity contribution is 5.73. The first kappa shape index (κ1) is 13.7. The van der Waals surface area contributed by atoms with Gasteiger partial charge in [-0.1, -0.05) is 29.5 Å². The van der Waals surface area contributed by atoms with Crippen LogP contribution in [0.5, 0.6) is 0 Å². The van der Waals surface area contributed by atoms with E-state index in [2.05, 4.69) is 50.2 Å². The van der Waals surface area contributed by atoms with Crippen molar-refractivity contribution in [2.75, 3.05) is 19.6 Å². The number of fused-ring (bicyclic) bond motifs is 3. The summed E-state index contributed by atoms with van der Waals surface area (Å²) >= 11 is 0. The van der Waals surface area contributed by atoms with Crippen molar-refractivity contribution in [1.29, 1.82) is 0 Å². The van der Waals surface area contributed by atoms with E-state index < -0.39 is 0 Å². The zero-order chi connectivity index (χ0) is 15.2. The average molecular weight is 308 g/mol. The summed E-state index contributed by atoms with van der Waals surface area (Å²) in [5.41, 5.74) is 2.20. The molecule has 3 aliphatic rings. The first-order chi connectivity index (χ1) is 11.4. The van der Waals surface area contributed by atoms with Crippen molar-refractivity contribution >= 4 is 11.0 Å². The Morgan fingerprint density at radius 1 is 1.04 bits per heavy atom. The lowest BCUT2D eigenvalue weighted by atomic mass is 9.92. The molecule has 3 unspecified atom stereocenters. The van der Waals surface area contributed by atoms with E-state index in [-0.39, 0.29) is 0 Å². The number of piperidine rings is 1. The van der Waals surface area contributed by atoms with Gasteiger partial charge in [-0.3, -0.25) is 0 Å². The van der Waals surface area contributed by atoms with Crippen LogP contribution < -0.4 is 0 Å². The third-order valence-corrected chi connectivity index (χ3v) is 6.19. The predicted octanol–water partition coefficient (Wildman–Crippen LogP) is 3.28. The lowest BCUT2D eigenvalue weighted by Gasteiger charge is -2.34. The van der Waals surface area contributed by atoms with Crippen LogP contribution >= 0.6 is 0 Å². The summed E-state index contributed by atoms with van der Waals surface area (Å²) in [7, 11) is 0. The minimum Gasteiger partial charge on any atom is -0.303 e. The van der Waals surface area contributed by atoms with Gasteiger partial charge in [-0.05, 0) is 55.6 Å². The lowest BCUT2D eigenvalue weighted by Crippen LogP contribution is -2.38. The molecule has 23 heavy (non-hydrogen) atoms.